The lowest BCUT2D eigenvalue weighted by atomic mass is 10.0. The Morgan fingerprint density at radius 3 is 2.73 bits per heavy atom. The molecule has 0 amide bonds. The van der Waals surface area contributed by atoms with Crippen molar-refractivity contribution in [3.05, 3.63) is 29.8 Å². The van der Waals surface area contributed by atoms with E-state index >= 15 is 0 Å². The minimum Gasteiger partial charge on any atom is -0.493 e. The molecule has 0 aromatic heterocycles. The van der Waals surface area contributed by atoms with Gasteiger partial charge in [0, 0.05) is 0 Å². The molecule has 0 aliphatic heterocycles. The van der Waals surface area contributed by atoms with Gasteiger partial charge in [0.05, 0.1) is 17.7 Å². The molecule has 0 radical (unpaired) electrons. The molecule has 0 atom stereocenters. The Bertz CT molecular complexity index is 383. The second-order valence-electron chi connectivity index (χ2n) is 3.91. The summed E-state index contributed by atoms with van der Waals surface area (Å²) in [5, 5.41) is 0. The lowest BCUT2D eigenvalue weighted by Gasteiger charge is -2.12. The van der Waals surface area contributed by atoms with Crippen molar-refractivity contribution in [3.8, 4) is 5.75 Å². The largest absolute Gasteiger partial charge is 0.493 e. The molecule has 15 heavy (non-hydrogen) atoms. The summed E-state index contributed by atoms with van der Waals surface area (Å²) in [6.07, 6.45) is 1.57. The van der Waals surface area contributed by atoms with E-state index in [1.54, 1.807) is 6.07 Å². The number of carbonyl (C=O) groups is 1. The molecule has 3 nitrogen and oxygen atoms in total. The summed E-state index contributed by atoms with van der Waals surface area (Å²) in [6, 6.07) is 7.28. The maximum atomic E-state index is 12.0. The Morgan fingerprint density at radius 2 is 2.13 bits per heavy atom. The molecule has 1 aromatic carbocycles. The summed E-state index contributed by atoms with van der Waals surface area (Å²) in [6.45, 7) is 2.46. The average Bonchev–Trinajstić information content (AvgIpc) is 2.98. The summed E-state index contributed by atoms with van der Waals surface area (Å²) in [5.41, 5.74) is 5.87. The number of para-hydroxylation sites is 1. The van der Waals surface area contributed by atoms with Gasteiger partial charge in [-0.2, -0.15) is 0 Å². The van der Waals surface area contributed by atoms with E-state index in [2.05, 4.69) is 0 Å². The van der Waals surface area contributed by atoms with Crippen LogP contribution in [-0.2, 0) is 0 Å². The van der Waals surface area contributed by atoms with E-state index in [4.69, 9.17) is 10.5 Å². The number of nitrogens with two attached hydrogens (primary N) is 1. The molecule has 1 aliphatic rings. The highest BCUT2D eigenvalue weighted by Gasteiger charge is 2.46. The van der Waals surface area contributed by atoms with Crippen LogP contribution in [0.3, 0.4) is 0 Å². The molecule has 2 N–H and O–H groups in total. The number of rotatable bonds is 4. The Labute approximate surface area is 89.2 Å². The van der Waals surface area contributed by atoms with E-state index in [0.29, 0.717) is 17.9 Å². The van der Waals surface area contributed by atoms with Gasteiger partial charge in [-0.15, -0.1) is 0 Å². The van der Waals surface area contributed by atoms with Gasteiger partial charge in [-0.3, -0.25) is 4.79 Å². The van der Waals surface area contributed by atoms with Crippen molar-refractivity contribution in [1.82, 2.24) is 0 Å². The molecule has 1 aromatic rings. The zero-order chi connectivity index (χ0) is 10.9. The fraction of sp³-hybridized carbons (Fsp3) is 0.417. The number of ketones is 1. The number of hydrogen-bond acceptors (Lipinski definition) is 3. The number of benzene rings is 1. The number of hydrogen-bond donors (Lipinski definition) is 1. The van der Waals surface area contributed by atoms with Crippen molar-refractivity contribution in [2.24, 2.45) is 5.73 Å². The minimum absolute atomic E-state index is 0.00606. The molecule has 0 spiro atoms. The molecule has 0 unspecified atom stereocenters. The van der Waals surface area contributed by atoms with E-state index in [9.17, 15) is 4.79 Å². The monoisotopic (exact) mass is 205 g/mol. The van der Waals surface area contributed by atoms with Crippen LogP contribution in [0.1, 0.15) is 30.1 Å². The van der Waals surface area contributed by atoms with E-state index in [1.807, 2.05) is 25.1 Å². The standard InChI is InChI=1S/C12H15NO2/c1-2-15-10-6-4-3-5-9(10)11(14)12(13)7-8-12/h3-6H,2,7-8,13H2,1H3. The minimum atomic E-state index is -0.618. The predicted octanol–water partition coefficient (Wildman–Crippen LogP) is 1.76. The molecular formula is C12H15NO2. The maximum Gasteiger partial charge on any atom is 0.186 e. The van der Waals surface area contributed by atoms with Gasteiger partial charge >= 0.3 is 0 Å². The summed E-state index contributed by atoms with van der Waals surface area (Å²) >= 11 is 0. The van der Waals surface area contributed by atoms with Crippen LogP contribution in [0.2, 0.25) is 0 Å². The van der Waals surface area contributed by atoms with E-state index in [0.717, 1.165) is 12.8 Å². The number of Topliss-reactive ketones (excluding diaryl/α,β-unsaturated/α-hetero) is 1. The lowest BCUT2D eigenvalue weighted by molar-refractivity contribution is 0.0945. The third kappa shape index (κ3) is 1.88. The summed E-state index contributed by atoms with van der Waals surface area (Å²) in [4.78, 5) is 12.0. The molecule has 2 rings (SSSR count). The highest BCUT2D eigenvalue weighted by molar-refractivity contribution is 6.07. The molecule has 0 bridgehead atoms. The second-order valence-corrected chi connectivity index (χ2v) is 3.91. The smallest absolute Gasteiger partial charge is 0.186 e. The van der Waals surface area contributed by atoms with Crippen LogP contribution in [0.25, 0.3) is 0 Å². The maximum absolute atomic E-state index is 12.0. The quantitative estimate of drug-likeness (QED) is 0.762. The Kier molecular flexibility index (Phi) is 2.49. The Hall–Kier alpha value is -1.35. The second kappa shape index (κ2) is 3.66. The molecule has 0 saturated heterocycles. The first kappa shape index (κ1) is 10.2. The predicted molar refractivity (Wildman–Crippen MR) is 58.1 cm³/mol. The van der Waals surface area contributed by atoms with Gasteiger partial charge in [0.15, 0.2) is 5.78 Å². The van der Waals surface area contributed by atoms with Crippen LogP contribution in [0.5, 0.6) is 5.75 Å². The van der Waals surface area contributed by atoms with Crippen molar-refractivity contribution >= 4 is 5.78 Å². The first-order valence-corrected chi connectivity index (χ1v) is 5.23. The van der Waals surface area contributed by atoms with Crippen molar-refractivity contribution in [3.63, 3.8) is 0 Å². The zero-order valence-corrected chi connectivity index (χ0v) is 8.82. The van der Waals surface area contributed by atoms with E-state index in [1.165, 1.54) is 0 Å². The third-order valence-electron chi connectivity index (χ3n) is 2.67. The molecule has 1 saturated carbocycles. The fourth-order valence-electron chi connectivity index (χ4n) is 1.57. The Balaban J connectivity index is 2.30. The third-order valence-corrected chi connectivity index (χ3v) is 2.67. The van der Waals surface area contributed by atoms with Crippen LogP contribution in [-0.4, -0.2) is 17.9 Å². The first-order chi connectivity index (χ1) is 7.17. The summed E-state index contributed by atoms with van der Waals surface area (Å²) in [5.74, 6) is 0.647. The van der Waals surface area contributed by atoms with Gasteiger partial charge in [0.2, 0.25) is 0 Å². The summed E-state index contributed by atoms with van der Waals surface area (Å²) < 4.78 is 5.40. The molecule has 0 heterocycles. The van der Waals surface area contributed by atoms with Crippen molar-refractivity contribution in [2.45, 2.75) is 25.3 Å². The van der Waals surface area contributed by atoms with Crippen LogP contribution in [0, 0.1) is 0 Å². The Morgan fingerprint density at radius 1 is 1.47 bits per heavy atom. The fourth-order valence-corrected chi connectivity index (χ4v) is 1.57. The molecule has 1 fully saturated rings. The molecular weight excluding hydrogens is 190 g/mol. The van der Waals surface area contributed by atoms with Crippen molar-refractivity contribution in [1.29, 1.82) is 0 Å². The molecule has 1 aliphatic carbocycles. The van der Waals surface area contributed by atoms with Crippen LogP contribution >= 0.6 is 0 Å². The highest BCUT2D eigenvalue weighted by atomic mass is 16.5. The van der Waals surface area contributed by atoms with E-state index < -0.39 is 5.54 Å². The lowest BCUT2D eigenvalue weighted by Crippen LogP contribution is -2.33. The average molecular weight is 205 g/mol. The van der Waals surface area contributed by atoms with Gasteiger partial charge in [-0.25, -0.2) is 0 Å². The van der Waals surface area contributed by atoms with Gasteiger partial charge in [-0.05, 0) is 31.9 Å². The zero-order valence-electron chi connectivity index (χ0n) is 8.82. The van der Waals surface area contributed by atoms with Crippen LogP contribution in [0.4, 0.5) is 0 Å². The number of carbonyl (C=O) groups excluding carboxylic acids is 1. The first-order valence-electron chi connectivity index (χ1n) is 5.23. The van der Waals surface area contributed by atoms with Crippen LogP contribution in [0.15, 0.2) is 24.3 Å². The van der Waals surface area contributed by atoms with Gasteiger partial charge in [0.1, 0.15) is 5.75 Å². The van der Waals surface area contributed by atoms with Crippen LogP contribution < -0.4 is 10.5 Å². The van der Waals surface area contributed by atoms with Crippen molar-refractivity contribution in [2.75, 3.05) is 6.61 Å². The number of ether oxygens (including phenoxy) is 1. The summed E-state index contributed by atoms with van der Waals surface area (Å²) in [7, 11) is 0. The topological polar surface area (TPSA) is 52.3 Å². The van der Waals surface area contributed by atoms with E-state index in [-0.39, 0.29) is 5.78 Å². The normalized spacial score (nSPS) is 17.2. The molecule has 3 heteroatoms. The van der Waals surface area contributed by atoms with Gasteiger partial charge < -0.3 is 10.5 Å². The highest BCUT2D eigenvalue weighted by Crippen LogP contribution is 2.37. The molecule has 80 valence electrons. The van der Waals surface area contributed by atoms with Gasteiger partial charge in [-0.1, -0.05) is 12.1 Å². The SMILES string of the molecule is CCOc1ccccc1C(=O)C1(N)CC1. The van der Waals surface area contributed by atoms with Crippen molar-refractivity contribution < 1.29 is 9.53 Å². The van der Waals surface area contributed by atoms with Gasteiger partial charge in [0.25, 0.3) is 0 Å².